The number of unbranched alkanes of at least 4 members (excludes halogenated alkanes) is 13. The van der Waals surface area contributed by atoms with Crippen molar-refractivity contribution in [1.29, 1.82) is 0 Å². The van der Waals surface area contributed by atoms with Crippen LogP contribution in [0, 0.1) is 0 Å². The molecule has 9 nitrogen and oxygen atoms in total. The molecule has 0 saturated carbocycles. The van der Waals surface area contributed by atoms with E-state index in [0.717, 1.165) is 32.5 Å². The first-order valence-electron chi connectivity index (χ1n) is 15.0. The zero-order valence-electron chi connectivity index (χ0n) is 25.0. The maximum Gasteiger partial charge on any atom is 0.320 e. The molecule has 0 bridgehead atoms. The monoisotopic (exact) mass is 547 g/mol. The first kappa shape index (κ1) is 40.8. The lowest BCUT2D eigenvalue weighted by atomic mass is 10.0. The van der Waals surface area contributed by atoms with Crippen molar-refractivity contribution in [3.8, 4) is 0 Å². The molecular weight excluding hydrogens is 486 g/mol. The fourth-order valence-electron chi connectivity index (χ4n) is 4.06. The van der Waals surface area contributed by atoms with Gasteiger partial charge < -0.3 is 26.8 Å². The van der Waals surface area contributed by atoms with Crippen LogP contribution in [-0.4, -0.2) is 69.8 Å². The standard InChI is InChI=1S/C22H45NO2.C5H9NO4.C2H7N/c1-4-7-8-9-10-11-12-13-14-15-16-17-18-19-20-21(22(24)25)23(5-2)6-3;6-3(5(9)10)1-2-4(7)8;1-2-3/h21H,4-20H2,1-3H3,(H,24,25);3H,1-2,6H2,(H,7,8)(H,9,10);2-3H2,1H3/t;3-;/m.0./s1. The van der Waals surface area contributed by atoms with Crippen LogP contribution in [0.25, 0.3) is 0 Å². The highest BCUT2D eigenvalue weighted by molar-refractivity contribution is 5.74. The van der Waals surface area contributed by atoms with E-state index in [2.05, 4.69) is 11.8 Å². The molecular formula is C29H61N3O6. The van der Waals surface area contributed by atoms with Crippen molar-refractivity contribution in [3.05, 3.63) is 0 Å². The molecule has 38 heavy (non-hydrogen) atoms. The Hall–Kier alpha value is -1.71. The van der Waals surface area contributed by atoms with Crippen LogP contribution < -0.4 is 11.5 Å². The number of aliphatic carboxylic acids is 3. The number of carbonyl (C=O) groups is 3. The summed E-state index contributed by atoms with van der Waals surface area (Å²) < 4.78 is 0. The molecule has 2 atom stereocenters. The second-order valence-electron chi connectivity index (χ2n) is 9.75. The number of carboxylic acid groups (broad SMARTS) is 3. The van der Waals surface area contributed by atoms with Crippen molar-refractivity contribution in [2.45, 2.75) is 149 Å². The van der Waals surface area contributed by atoms with E-state index < -0.39 is 23.9 Å². The second kappa shape index (κ2) is 31.5. The van der Waals surface area contributed by atoms with E-state index in [1.807, 2.05) is 20.8 Å². The summed E-state index contributed by atoms with van der Waals surface area (Å²) >= 11 is 0. The SMILES string of the molecule is CCCCCCCCCCCCCCCCC(C(=O)O)N(CC)CC.CCN.N[C@@H](CCC(=O)O)C(=O)O. The largest absolute Gasteiger partial charge is 0.481 e. The van der Waals surface area contributed by atoms with Gasteiger partial charge in [-0.2, -0.15) is 0 Å². The maximum absolute atomic E-state index is 11.4. The Morgan fingerprint density at radius 3 is 1.29 bits per heavy atom. The molecule has 0 spiro atoms. The van der Waals surface area contributed by atoms with Gasteiger partial charge >= 0.3 is 17.9 Å². The van der Waals surface area contributed by atoms with Crippen LogP contribution >= 0.6 is 0 Å². The molecule has 7 N–H and O–H groups in total. The summed E-state index contributed by atoms with van der Waals surface area (Å²) in [5.74, 6) is -2.85. The molecule has 0 radical (unpaired) electrons. The molecule has 0 aromatic heterocycles. The lowest BCUT2D eigenvalue weighted by Crippen LogP contribution is -2.40. The highest BCUT2D eigenvalue weighted by atomic mass is 16.4. The summed E-state index contributed by atoms with van der Waals surface area (Å²) in [5.41, 5.74) is 9.85. The summed E-state index contributed by atoms with van der Waals surface area (Å²) in [6.45, 7) is 10.7. The van der Waals surface area contributed by atoms with Gasteiger partial charge in [0.05, 0.1) is 0 Å². The first-order chi connectivity index (χ1) is 18.1. The second-order valence-corrected chi connectivity index (χ2v) is 9.75. The van der Waals surface area contributed by atoms with Crippen LogP contribution in [0.5, 0.6) is 0 Å². The number of carboxylic acids is 3. The van der Waals surface area contributed by atoms with Gasteiger partial charge in [0.2, 0.25) is 0 Å². The number of hydrogen-bond donors (Lipinski definition) is 5. The van der Waals surface area contributed by atoms with Gasteiger partial charge in [-0.05, 0) is 32.5 Å². The van der Waals surface area contributed by atoms with Crippen LogP contribution in [0.15, 0.2) is 0 Å². The van der Waals surface area contributed by atoms with Gasteiger partial charge in [0.15, 0.2) is 0 Å². The summed E-state index contributed by atoms with van der Waals surface area (Å²) in [6, 6.07) is -1.34. The number of nitrogens with zero attached hydrogens (tertiary/aromatic N) is 1. The smallest absolute Gasteiger partial charge is 0.320 e. The first-order valence-corrected chi connectivity index (χ1v) is 15.0. The van der Waals surface area contributed by atoms with Crippen molar-refractivity contribution in [3.63, 3.8) is 0 Å². The van der Waals surface area contributed by atoms with E-state index in [-0.39, 0.29) is 18.9 Å². The lowest BCUT2D eigenvalue weighted by Gasteiger charge is -2.26. The molecule has 0 heterocycles. The van der Waals surface area contributed by atoms with Gasteiger partial charge in [0.1, 0.15) is 12.1 Å². The summed E-state index contributed by atoms with van der Waals surface area (Å²) in [6.07, 6.45) is 19.4. The van der Waals surface area contributed by atoms with Crippen molar-refractivity contribution in [2.24, 2.45) is 11.5 Å². The minimum absolute atomic E-state index is 0.0231. The molecule has 0 aliphatic heterocycles. The van der Waals surface area contributed by atoms with E-state index in [4.69, 9.17) is 21.7 Å². The topological polar surface area (TPSA) is 167 Å². The zero-order valence-corrected chi connectivity index (χ0v) is 25.0. The van der Waals surface area contributed by atoms with E-state index in [0.29, 0.717) is 0 Å². The van der Waals surface area contributed by atoms with E-state index in [9.17, 15) is 19.5 Å². The molecule has 9 heteroatoms. The van der Waals surface area contributed by atoms with Gasteiger partial charge in [-0.15, -0.1) is 0 Å². The molecule has 228 valence electrons. The predicted octanol–water partition coefficient (Wildman–Crippen LogP) is 5.88. The quantitative estimate of drug-likeness (QED) is 0.0981. The van der Waals surface area contributed by atoms with Crippen LogP contribution in [-0.2, 0) is 14.4 Å². The van der Waals surface area contributed by atoms with Crippen molar-refractivity contribution in [1.82, 2.24) is 4.90 Å². The molecule has 0 aliphatic carbocycles. The van der Waals surface area contributed by atoms with Gasteiger partial charge in [0, 0.05) is 6.42 Å². The maximum atomic E-state index is 11.4. The van der Waals surface area contributed by atoms with Crippen molar-refractivity contribution < 1.29 is 29.7 Å². The molecule has 0 fully saturated rings. The van der Waals surface area contributed by atoms with Crippen LogP contribution in [0.2, 0.25) is 0 Å². The lowest BCUT2D eigenvalue weighted by molar-refractivity contribution is -0.144. The fourth-order valence-corrected chi connectivity index (χ4v) is 4.06. The fraction of sp³-hybridized carbons (Fsp3) is 0.897. The van der Waals surface area contributed by atoms with E-state index in [1.54, 1.807) is 0 Å². The third-order valence-electron chi connectivity index (χ3n) is 6.36. The Morgan fingerprint density at radius 2 is 1.00 bits per heavy atom. The average Bonchev–Trinajstić information content (AvgIpc) is 2.87. The zero-order chi connectivity index (χ0) is 29.6. The molecule has 0 aromatic carbocycles. The Kier molecular flexibility index (Phi) is 33.8. The Balaban J connectivity index is -0.000000779. The third-order valence-corrected chi connectivity index (χ3v) is 6.36. The highest BCUT2D eigenvalue weighted by Crippen LogP contribution is 2.15. The van der Waals surface area contributed by atoms with E-state index >= 15 is 0 Å². The summed E-state index contributed by atoms with van der Waals surface area (Å²) in [4.78, 5) is 33.3. The number of nitrogens with two attached hydrogens (primary N) is 2. The van der Waals surface area contributed by atoms with Crippen molar-refractivity contribution >= 4 is 17.9 Å². The van der Waals surface area contributed by atoms with Crippen molar-refractivity contribution in [2.75, 3.05) is 19.6 Å². The van der Waals surface area contributed by atoms with Gasteiger partial charge in [0.25, 0.3) is 0 Å². The Morgan fingerprint density at radius 1 is 0.632 bits per heavy atom. The third kappa shape index (κ3) is 30.5. The Labute approximate surface area is 232 Å². The summed E-state index contributed by atoms with van der Waals surface area (Å²) in [5, 5.41) is 25.6. The highest BCUT2D eigenvalue weighted by Gasteiger charge is 2.22. The number of rotatable bonds is 23. The minimum atomic E-state index is -1.17. The van der Waals surface area contributed by atoms with E-state index in [1.165, 1.54) is 83.5 Å². The van der Waals surface area contributed by atoms with Gasteiger partial charge in [-0.25, -0.2) is 0 Å². The number of hydrogen-bond acceptors (Lipinski definition) is 6. The predicted molar refractivity (Wildman–Crippen MR) is 156 cm³/mol. The Bertz CT molecular complexity index is 544. The number of likely N-dealkylation sites (N-methyl/N-ethyl adjacent to an activating group) is 1. The molecule has 0 aromatic rings. The van der Waals surface area contributed by atoms with Gasteiger partial charge in [-0.1, -0.05) is 118 Å². The molecule has 0 amide bonds. The molecule has 1 unspecified atom stereocenters. The normalized spacial score (nSPS) is 12.1. The molecule has 0 aliphatic rings. The molecule has 0 rings (SSSR count). The van der Waals surface area contributed by atoms with Crippen LogP contribution in [0.4, 0.5) is 0 Å². The average molecular weight is 548 g/mol. The van der Waals surface area contributed by atoms with Crippen LogP contribution in [0.3, 0.4) is 0 Å². The minimum Gasteiger partial charge on any atom is -0.481 e. The van der Waals surface area contributed by atoms with Crippen LogP contribution in [0.1, 0.15) is 137 Å². The molecule has 0 saturated heterocycles. The summed E-state index contributed by atoms with van der Waals surface area (Å²) in [7, 11) is 0. The van der Waals surface area contributed by atoms with Gasteiger partial charge in [-0.3, -0.25) is 19.3 Å².